The van der Waals surface area contributed by atoms with E-state index in [4.69, 9.17) is 9.47 Å². The van der Waals surface area contributed by atoms with E-state index in [1.807, 2.05) is 0 Å². The molecule has 1 fully saturated rings. The minimum atomic E-state index is -0.0941. The maximum absolute atomic E-state index is 11.4. The number of unbranched alkanes of at least 4 members (excludes halogenated alkanes) is 1. The summed E-state index contributed by atoms with van der Waals surface area (Å²) < 4.78 is 10.7. The van der Waals surface area contributed by atoms with E-state index in [0.717, 1.165) is 32.3 Å². The molecule has 0 radical (unpaired) electrons. The summed E-state index contributed by atoms with van der Waals surface area (Å²) >= 11 is 0. The molecule has 0 aromatic heterocycles. The summed E-state index contributed by atoms with van der Waals surface area (Å²) in [6, 6.07) is 0. The topological polar surface area (TPSA) is 35.5 Å². The summed E-state index contributed by atoms with van der Waals surface area (Å²) in [4.78, 5) is 11.4. The molecule has 0 aliphatic heterocycles. The summed E-state index contributed by atoms with van der Waals surface area (Å²) in [5.41, 5.74) is 0. The van der Waals surface area contributed by atoms with Gasteiger partial charge in [-0.15, -0.1) is 0 Å². The van der Waals surface area contributed by atoms with Crippen LogP contribution in [0.2, 0.25) is 0 Å². The normalized spacial score (nSPS) is 17.3. The Balaban J connectivity index is 1.97. The highest BCUT2D eigenvalue weighted by Crippen LogP contribution is 2.20. The molecule has 0 unspecified atom stereocenters. The summed E-state index contributed by atoms with van der Waals surface area (Å²) in [5, 5.41) is 0. The van der Waals surface area contributed by atoms with E-state index in [1.54, 1.807) is 0 Å². The van der Waals surface area contributed by atoms with E-state index >= 15 is 0 Å². The molecule has 0 saturated heterocycles. The van der Waals surface area contributed by atoms with Crippen molar-refractivity contribution in [2.45, 2.75) is 64.4 Å². The molecule has 0 N–H and O–H groups in total. The number of carbonyl (C=O) groups excluding carboxylic acids is 1. The van der Waals surface area contributed by atoms with E-state index in [9.17, 15) is 4.79 Å². The maximum Gasteiger partial charge on any atom is 0.308 e. The fourth-order valence-electron chi connectivity index (χ4n) is 1.93. The van der Waals surface area contributed by atoms with Gasteiger partial charge in [-0.2, -0.15) is 0 Å². The van der Waals surface area contributed by atoms with Gasteiger partial charge in [-0.3, -0.25) is 4.79 Å². The van der Waals surface area contributed by atoms with Crippen molar-refractivity contribution in [1.82, 2.24) is 0 Å². The van der Waals surface area contributed by atoms with Crippen molar-refractivity contribution in [2.75, 3.05) is 13.2 Å². The van der Waals surface area contributed by atoms with Gasteiger partial charge < -0.3 is 9.47 Å². The maximum atomic E-state index is 11.4. The molecule has 3 heteroatoms. The average molecular weight is 228 g/mol. The molecule has 0 atom stereocenters. The molecule has 1 rings (SSSR count). The van der Waals surface area contributed by atoms with E-state index in [-0.39, 0.29) is 12.1 Å². The van der Waals surface area contributed by atoms with Crippen molar-refractivity contribution in [3.63, 3.8) is 0 Å². The molecule has 16 heavy (non-hydrogen) atoms. The highest BCUT2D eigenvalue weighted by Gasteiger charge is 2.17. The van der Waals surface area contributed by atoms with Crippen LogP contribution in [0, 0.1) is 0 Å². The highest BCUT2D eigenvalue weighted by atomic mass is 16.5. The van der Waals surface area contributed by atoms with Crippen LogP contribution in [-0.4, -0.2) is 25.3 Å². The monoisotopic (exact) mass is 228 g/mol. The molecule has 1 saturated carbocycles. The van der Waals surface area contributed by atoms with Crippen LogP contribution in [0.5, 0.6) is 0 Å². The summed E-state index contributed by atoms with van der Waals surface area (Å²) in [6.45, 7) is 3.39. The van der Waals surface area contributed by atoms with Gasteiger partial charge in [-0.1, -0.05) is 19.8 Å². The molecular formula is C13H24O3. The average Bonchev–Trinajstić information content (AvgIpc) is 2.30. The van der Waals surface area contributed by atoms with Crippen molar-refractivity contribution in [1.29, 1.82) is 0 Å². The smallest absolute Gasteiger partial charge is 0.308 e. The first-order valence-electron chi connectivity index (χ1n) is 6.60. The predicted octanol–water partition coefficient (Wildman–Crippen LogP) is 3.07. The van der Waals surface area contributed by atoms with Crippen molar-refractivity contribution in [2.24, 2.45) is 0 Å². The van der Waals surface area contributed by atoms with Gasteiger partial charge in [0.1, 0.15) is 6.10 Å². The van der Waals surface area contributed by atoms with Gasteiger partial charge in [0.15, 0.2) is 0 Å². The Morgan fingerprint density at radius 1 is 1.19 bits per heavy atom. The van der Waals surface area contributed by atoms with Crippen LogP contribution in [0.3, 0.4) is 0 Å². The Bertz CT molecular complexity index is 186. The molecular weight excluding hydrogens is 204 g/mol. The third kappa shape index (κ3) is 6.11. The molecule has 0 amide bonds. The Labute approximate surface area is 98.5 Å². The quantitative estimate of drug-likeness (QED) is 0.496. The van der Waals surface area contributed by atoms with Crippen molar-refractivity contribution in [3.05, 3.63) is 0 Å². The number of rotatable bonds is 7. The first kappa shape index (κ1) is 13.5. The largest absolute Gasteiger partial charge is 0.462 e. The van der Waals surface area contributed by atoms with Crippen LogP contribution >= 0.6 is 0 Å². The zero-order chi connectivity index (χ0) is 11.6. The minimum Gasteiger partial charge on any atom is -0.462 e. The number of hydrogen-bond donors (Lipinski definition) is 0. The van der Waals surface area contributed by atoms with E-state index in [1.165, 1.54) is 19.3 Å². The lowest BCUT2D eigenvalue weighted by molar-refractivity contribution is -0.151. The minimum absolute atomic E-state index is 0.0941. The van der Waals surface area contributed by atoms with Gasteiger partial charge in [0.2, 0.25) is 0 Å². The van der Waals surface area contributed by atoms with Crippen molar-refractivity contribution >= 4 is 5.97 Å². The Hall–Kier alpha value is -0.570. The molecule has 0 aromatic carbocycles. The standard InChI is InChI=1S/C13H24O3/c1-2-3-10-15-11-9-13(14)16-12-7-5-4-6-8-12/h12H,2-11H2,1H3. The van der Waals surface area contributed by atoms with Crippen LogP contribution in [-0.2, 0) is 14.3 Å². The van der Waals surface area contributed by atoms with Gasteiger partial charge in [0.25, 0.3) is 0 Å². The molecule has 0 bridgehead atoms. The van der Waals surface area contributed by atoms with Crippen LogP contribution in [0.15, 0.2) is 0 Å². The molecule has 0 aromatic rings. The van der Waals surface area contributed by atoms with Crippen LogP contribution in [0.1, 0.15) is 58.3 Å². The fourth-order valence-corrected chi connectivity index (χ4v) is 1.93. The second kappa shape index (κ2) is 8.57. The van der Waals surface area contributed by atoms with Gasteiger partial charge in [0, 0.05) is 6.61 Å². The Kier molecular flexibility index (Phi) is 7.23. The lowest BCUT2D eigenvalue weighted by atomic mass is 9.98. The Morgan fingerprint density at radius 3 is 2.62 bits per heavy atom. The van der Waals surface area contributed by atoms with E-state index in [2.05, 4.69) is 6.92 Å². The number of esters is 1. The fraction of sp³-hybridized carbons (Fsp3) is 0.923. The lowest BCUT2D eigenvalue weighted by Crippen LogP contribution is -2.21. The van der Waals surface area contributed by atoms with Crippen molar-refractivity contribution < 1.29 is 14.3 Å². The lowest BCUT2D eigenvalue weighted by Gasteiger charge is -2.21. The molecule has 0 spiro atoms. The predicted molar refractivity (Wildman–Crippen MR) is 63.3 cm³/mol. The Morgan fingerprint density at radius 2 is 1.94 bits per heavy atom. The second-order valence-electron chi connectivity index (χ2n) is 4.47. The number of ether oxygens (including phenoxy) is 2. The van der Waals surface area contributed by atoms with Gasteiger partial charge in [0.05, 0.1) is 13.0 Å². The van der Waals surface area contributed by atoms with Crippen LogP contribution in [0.25, 0.3) is 0 Å². The van der Waals surface area contributed by atoms with Crippen molar-refractivity contribution in [3.8, 4) is 0 Å². The van der Waals surface area contributed by atoms with E-state index < -0.39 is 0 Å². The highest BCUT2D eigenvalue weighted by molar-refractivity contribution is 5.69. The van der Waals surface area contributed by atoms with Gasteiger partial charge in [-0.05, 0) is 32.1 Å². The summed E-state index contributed by atoms with van der Waals surface area (Å²) in [6.07, 6.45) is 8.55. The number of carbonyl (C=O) groups is 1. The molecule has 3 nitrogen and oxygen atoms in total. The van der Waals surface area contributed by atoms with Gasteiger partial charge >= 0.3 is 5.97 Å². The zero-order valence-corrected chi connectivity index (χ0v) is 10.4. The third-order valence-corrected chi connectivity index (χ3v) is 2.94. The first-order valence-corrected chi connectivity index (χ1v) is 6.60. The zero-order valence-electron chi connectivity index (χ0n) is 10.4. The second-order valence-corrected chi connectivity index (χ2v) is 4.47. The SMILES string of the molecule is CCCCOCCC(=O)OC1CCCCC1. The van der Waals surface area contributed by atoms with Crippen LogP contribution in [0.4, 0.5) is 0 Å². The molecule has 1 aliphatic carbocycles. The number of hydrogen-bond acceptors (Lipinski definition) is 3. The molecule has 0 heterocycles. The summed E-state index contributed by atoms with van der Waals surface area (Å²) in [5.74, 6) is -0.0941. The summed E-state index contributed by atoms with van der Waals surface area (Å²) in [7, 11) is 0. The molecule has 94 valence electrons. The van der Waals surface area contributed by atoms with E-state index in [0.29, 0.717) is 13.0 Å². The van der Waals surface area contributed by atoms with Gasteiger partial charge in [-0.25, -0.2) is 0 Å². The third-order valence-electron chi connectivity index (χ3n) is 2.94. The van der Waals surface area contributed by atoms with Crippen LogP contribution < -0.4 is 0 Å². The molecule has 1 aliphatic rings. The first-order chi connectivity index (χ1) is 7.83.